The summed E-state index contributed by atoms with van der Waals surface area (Å²) in [4.78, 5) is 141. The monoisotopic (exact) mass is 971 g/mol. The Morgan fingerprint density at radius 1 is 0.536 bits per heavy atom. The minimum atomic E-state index is -1.80. The van der Waals surface area contributed by atoms with E-state index < -0.39 is 151 Å². The summed E-state index contributed by atoms with van der Waals surface area (Å²) in [5.41, 5.74) is 6.48. The topological polar surface area (TPSA) is 411 Å². The number of hydrogen-bond donors (Lipinski definition) is 14. The number of carbonyl (C=O) groups excluding carboxylic acids is 8. The summed E-state index contributed by atoms with van der Waals surface area (Å²) in [6, 6.07) is 1.52. The molecule has 378 valence electrons. The van der Waals surface area contributed by atoms with Gasteiger partial charge in [-0.3, -0.25) is 52.7 Å². The number of aliphatic carboxylic acids is 3. The van der Waals surface area contributed by atoms with E-state index >= 15 is 0 Å². The second kappa shape index (κ2) is 27.8. The lowest BCUT2D eigenvalue weighted by Crippen LogP contribution is -2.62. The molecule has 0 radical (unpaired) electrons. The van der Waals surface area contributed by atoms with Crippen molar-refractivity contribution in [2.75, 3.05) is 6.54 Å². The molecule has 8 amide bonds. The molecule has 25 heteroatoms. The summed E-state index contributed by atoms with van der Waals surface area (Å²) >= 11 is 0. The lowest BCUT2D eigenvalue weighted by Gasteiger charge is -2.29. The first kappa shape index (κ1) is 57.5. The summed E-state index contributed by atoms with van der Waals surface area (Å²) in [6.45, 7) is 5.84. The molecule has 0 aliphatic carbocycles. The Morgan fingerprint density at radius 2 is 1.01 bits per heavy atom. The number of aliphatic hydroxyl groups excluding tert-OH is 1. The van der Waals surface area contributed by atoms with Crippen LogP contribution in [0.25, 0.3) is 0 Å². The molecule has 0 saturated heterocycles. The van der Waals surface area contributed by atoms with Gasteiger partial charge >= 0.3 is 17.9 Å². The Hall–Kier alpha value is -7.67. The van der Waals surface area contributed by atoms with Crippen LogP contribution in [0.2, 0.25) is 0 Å². The molecule has 9 atom stereocenters. The van der Waals surface area contributed by atoms with Crippen LogP contribution >= 0.6 is 0 Å². The van der Waals surface area contributed by atoms with E-state index in [0.717, 1.165) is 13.8 Å². The molecule has 0 spiro atoms. The predicted molar refractivity (Wildman–Crippen MR) is 241 cm³/mol. The van der Waals surface area contributed by atoms with E-state index in [2.05, 4.69) is 42.5 Å². The van der Waals surface area contributed by atoms with Crippen molar-refractivity contribution in [3.63, 3.8) is 0 Å². The molecule has 25 nitrogen and oxygen atoms in total. The van der Waals surface area contributed by atoms with Crippen molar-refractivity contribution in [3.05, 3.63) is 65.7 Å². The zero-order valence-electron chi connectivity index (χ0n) is 38.5. The lowest BCUT2D eigenvalue weighted by atomic mass is 9.99. The third-order valence-electron chi connectivity index (χ3n) is 10.1. The molecule has 69 heavy (non-hydrogen) atoms. The number of rotatable bonds is 28. The number of carbonyl (C=O) groups is 11. The summed E-state index contributed by atoms with van der Waals surface area (Å²) < 4.78 is 0. The fraction of sp³-hybridized carbons (Fsp3) is 0.477. The van der Waals surface area contributed by atoms with E-state index in [1.165, 1.54) is 45.0 Å². The SMILES string of the molecule is CC(C)[C@H](NC(=O)[C@H](Cc1ccc(O)cc1)NC(=O)[C@H](Cc1ccccc1)NC(=O)[C@@H](NC(=O)[C@H](CCC(=O)O)NC(=O)[C@H](C)N)[C@@H](C)O)C(=O)N[C@@H](CC(=O)O)C(=O)NCC(=O)N[C@@H](C)C(=O)O. The second-order valence-corrected chi connectivity index (χ2v) is 16.4. The van der Waals surface area contributed by atoms with Gasteiger partial charge in [-0.2, -0.15) is 0 Å². The normalized spacial score (nSPS) is 14.8. The first-order valence-corrected chi connectivity index (χ1v) is 21.6. The first-order valence-electron chi connectivity index (χ1n) is 21.6. The molecule has 0 unspecified atom stereocenters. The van der Waals surface area contributed by atoms with Gasteiger partial charge in [-0.1, -0.05) is 56.3 Å². The molecule has 0 aliphatic heterocycles. The van der Waals surface area contributed by atoms with Gasteiger partial charge in [0.15, 0.2) is 0 Å². The number of carboxylic acid groups (broad SMARTS) is 3. The Bertz CT molecular complexity index is 2150. The summed E-state index contributed by atoms with van der Waals surface area (Å²) in [5, 5.41) is 66.9. The maximum Gasteiger partial charge on any atom is 0.325 e. The molecule has 15 N–H and O–H groups in total. The highest BCUT2D eigenvalue weighted by Gasteiger charge is 2.36. The van der Waals surface area contributed by atoms with Crippen molar-refractivity contribution >= 4 is 65.2 Å². The first-order chi connectivity index (χ1) is 32.3. The third-order valence-corrected chi connectivity index (χ3v) is 10.1. The van der Waals surface area contributed by atoms with E-state index in [1.807, 2.05) is 0 Å². The van der Waals surface area contributed by atoms with Crippen LogP contribution in [-0.4, -0.2) is 152 Å². The number of carboxylic acids is 3. The van der Waals surface area contributed by atoms with Gasteiger partial charge in [-0.15, -0.1) is 0 Å². The highest BCUT2D eigenvalue weighted by atomic mass is 16.4. The molecule has 2 aromatic carbocycles. The van der Waals surface area contributed by atoms with Crippen LogP contribution in [0.5, 0.6) is 5.75 Å². The Labute approximate surface area is 396 Å². The lowest BCUT2D eigenvalue weighted by molar-refractivity contribution is -0.142. The van der Waals surface area contributed by atoms with E-state index in [1.54, 1.807) is 30.3 Å². The number of phenolic OH excluding ortho intramolecular Hbond substituents is 1. The second-order valence-electron chi connectivity index (χ2n) is 16.4. The number of benzene rings is 2. The van der Waals surface area contributed by atoms with Gasteiger partial charge in [0.2, 0.25) is 47.3 Å². The minimum absolute atomic E-state index is 0.134. The molecule has 2 aromatic rings. The van der Waals surface area contributed by atoms with Gasteiger partial charge in [-0.05, 0) is 56.4 Å². The van der Waals surface area contributed by atoms with Crippen molar-refractivity contribution in [1.82, 2.24) is 42.5 Å². The predicted octanol–water partition coefficient (Wildman–Crippen LogP) is -3.48. The van der Waals surface area contributed by atoms with Gasteiger partial charge in [-0.25, -0.2) is 0 Å². The number of hydrogen-bond acceptors (Lipinski definition) is 14. The maximum absolute atomic E-state index is 14.3. The number of nitrogens with two attached hydrogens (primary N) is 1. The zero-order chi connectivity index (χ0) is 52.1. The fourth-order valence-corrected chi connectivity index (χ4v) is 6.25. The van der Waals surface area contributed by atoms with Crippen molar-refractivity contribution in [2.45, 2.75) is 121 Å². The molecule has 2 rings (SSSR count). The van der Waals surface area contributed by atoms with E-state index in [9.17, 15) is 73.2 Å². The molecule has 0 bridgehead atoms. The standard InChI is InChI=1S/C44H61N9O16/c1-21(2)35(42(66)51-31(19-34(59)60)38(62)46-20-32(56)47-23(4)44(68)69)52-41(65)30(18-26-11-13-27(55)14-12-26)49-40(64)29(17-25-9-7-6-8-10-25)50-43(67)36(24(5)54)53-39(63)28(15-16-33(57)58)48-37(61)22(3)45/h6-14,21-24,28-31,35-36,54-55H,15-20,45H2,1-5H3,(H,46,62)(H,47,56)(H,48,61)(H,49,64)(H,50,67)(H,51,66)(H,52,65)(H,53,63)(H,57,58)(H,59,60)(H,68,69)/t22-,23-,24+,28-,29-,30-,31-,35-,36-/m0/s1. The van der Waals surface area contributed by atoms with Crippen LogP contribution < -0.4 is 48.3 Å². The zero-order valence-corrected chi connectivity index (χ0v) is 38.5. The Balaban J connectivity index is 2.48. The summed E-state index contributed by atoms with van der Waals surface area (Å²) in [5.74, 6) is -13.2. The largest absolute Gasteiger partial charge is 0.508 e. The number of nitrogens with one attached hydrogen (secondary N) is 8. The van der Waals surface area contributed by atoms with E-state index in [4.69, 9.17) is 10.8 Å². The summed E-state index contributed by atoms with van der Waals surface area (Å²) in [7, 11) is 0. The smallest absolute Gasteiger partial charge is 0.325 e. The number of phenols is 1. The van der Waals surface area contributed by atoms with Crippen LogP contribution in [-0.2, 0) is 65.6 Å². The molecular formula is C44H61N9O16. The van der Waals surface area contributed by atoms with Gasteiger partial charge in [0.05, 0.1) is 25.1 Å². The number of aliphatic hydroxyl groups is 1. The number of aromatic hydroxyl groups is 1. The quantitative estimate of drug-likeness (QED) is 0.0394. The Morgan fingerprint density at radius 3 is 1.52 bits per heavy atom. The molecule has 0 aliphatic rings. The molecular weight excluding hydrogens is 911 g/mol. The van der Waals surface area contributed by atoms with Crippen molar-refractivity contribution in [1.29, 1.82) is 0 Å². The van der Waals surface area contributed by atoms with Gasteiger partial charge in [0.1, 0.15) is 48.0 Å². The average Bonchev–Trinajstić information content (AvgIpc) is 3.27. The van der Waals surface area contributed by atoms with Gasteiger partial charge in [0, 0.05) is 19.3 Å². The van der Waals surface area contributed by atoms with Crippen LogP contribution in [0, 0.1) is 5.92 Å². The van der Waals surface area contributed by atoms with Crippen LogP contribution in [0.15, 0.2) is 54.6 Å². The van der Waals surface area contributed by atoms with Crippen LogP contribution in [0.1, 0.15) is 65.0 Å². The van der Waals surface area contributed by atoms with Crippen LogP contribution in [0.3, 0.4) is 0 Å². The minimum Gasteiger partial charge on any atom is -0.508 e. The fourth-order valence-electron chi connectivity index (χ4n) is 6.25. The third kappa shape index (κ3) is 20.4. The van der Waals surface area contributed by atoms with E-state index in [-0.39, 0.29) is 18.6 Å². The summed E-state index contributed by atoms with van der Waals surface area (Å²) in [6.07, 6.45) is -4.15. The maximum atomic E-state index is 14.3. The van der Waals surface area contributed by atoms with Crippen molar-refractivity contribution in [2.24, 2.45) is 11.7 Å². The van der Waals surface area contributed by atoms with Crippen molar-refractivity contribution < 1.29 is 78.3 Å². The van der Waals surface area contributed by atoms with Crippen molar-refractivity contribution in [3.8, 4) is 5.75 Å². The average molecular weight is 972 g/mol. The Kier molecular flexibility index (Phi) is 23.2. The highest BCUT2D eigenvalue weighted by Crippen LogP contribution is 2.14. The van der Waals surface area contributed by atoms with Crippen LogP contribution in [0.4, 0.5) is 0 Å². The van der Waals surface area contributed by atoms with Gasteiger partial charge in [0.25, 0.3) is 0 Å². The molecule has 0 aromatic heterocycles. The molecule has 0 fully saturated rings. The molecule has 0 saturated carbocycles. The van der Waals surface area contributed by atoms with Gasteiger partial charge < -0.3 is 73.8 Å². The number of amides is 8. The molecule has 0 heterocycles. The highest BCUT2D eigenvalue weighted by molar-refractivity contribution is 5.98. The van der Waals surface area contributed by atoms with E-state index in [0.29, 0.717) is 11.1 Å².